The van der Waals surface area contributed by atoms with Gasteiger partial charge in [0.2, 0.25) is 10.0 Å². The van der Waals surface area contributed by atoms with E-state index in [1.165, 1.54) is 6.07 Å². The first kappa shape index (κ1) is 12.9. The summed E-state index contributed by atoms with van der Waals surface area (Å²) in [7, 11) is -3.85. The number of halogens is 1. The van der Waals surface area contributed by atoms with Gasteiger partial charge in [-0.05, 0) is 39.0 Å². The molecule has 4 nitrogen and oxygen atoms in total. The Labute approximate surface area is 94.7 Å². The summed E-state index contributed by atoms with van der Waals surface area (Å²) >= 11 is 0. The Morgan fingerprint density at radius 3 is 2.31 bits per heavy atom. The third-order valence-corrected chi connectivity index (χ3v) is 3.48. The third kappa shape index (κ3) is 3.18. The summed E-state index contributed by atoms with van der Waals surface area (Å²) < 4.78 is 39.4. The van der Waals surface area contributed by atoms with E-state index in [9.17, 15) is 12.8 Å². The number of hydrogen-bond donors (Lipinski definition) is 2. The highest BCUT2D eigenvalue weighted by molar-refractivity contribution is 7.89. The number of hydrogen-bond acceptors (Lipinski definition) is 3. The van der Waals surface area contributed by atoms with Gasteiger partial charge in [-0.25, -0.2) is 17.5 Å². The van der Waals surface area contributed by atoms with Crippen LogP contribution in [-0.2, 0) is 10.0 Å². The molecule has 0 saturated carbocycles. The lowest BCUT2D eigenvalue weighted by molar-refractivity contribution is 0.486. The van der Waals surface area contributed by atoms with E-state index in [-0.39, 0.29) is 5.69 Å². The fraction of sp³-hybridized carbons (Fsp3) is 0.400. The predicted molar refractivity (Wildman–Crippen MR) is 60.9 cm³/mol. The second-order valence-corrected chi connectivity index (χ2v) is 6.20. The second kappa shape index (κ2) is 4.03. The Morgan fingerprint density at radius 2 is 1.88 bits per heavy atom. The van der Waals surface area contributed by atoms with E-state index in [1.807, 2.05) is 0 Å². The molecule has 0 aliphatic carbocycles. The number of benzene rings is 1. The molecule has 16 heavy (non-hydrogen) atoms. The molecule has 90 valence electrons. The minimum Gasteiger partial charge on any atom is -0.399 e. The van der Waals surface area contributed by atoms with Gasteiger partial charge in [-0.3, -0.25) is 0 Å². The van der Waals surface area contributed by atoms with Crippen molar-refractivity contribution in [3.63, 3.8) is 0 Å². The summed E-state index contributed by atoms with van der Waals surface area (Å²) in [5.41, 5.74) is 4.87. The quantitative estimate of drug-likeness (QED) is 0.776. The summed E-state index contributed by atoms with van der Waals surface area (Å²) in [6.45, 7) is 5.04. The lowest BCUT2D eigenvalue weighted by Gasteiger charge is -2.20. The van der Waals surface area contributed by atoms with Crippen LogP contribution in [0.15, 0.2) is 23.1 Å². The molecule has 1 rings (SSSR count). The molecule has 0 bridgehead atoms. The predicted octanol–water partition coefficient (Wildman–Crippen LogP) is 1.48. The van der Waals surface area contributed by atoms with E-state index in [0.29, 0.717) is 0 Å². The first-order valence-electron chi connectivity index (χ1n) is 4.71. The Bertz CT molecular complexity index is 492. The van der Waals surface area contributed by atoms with E-state index >= 15 is 0 Å². The van der Waals surface area contributed by atoms with Crippen molar-refractivity contribution in [2.24, 2.45) is 0 Å². The smallest absolute Gasteiger partial charge is 0.243 e. The van der Waals surface area contributed by atoms with Gasteiger partial charge in [0.25, 0.3) is 0 Å². The summed E-state index contributed by atoms with van der Waals surface area (Å²) in [5.74, 6) is -0.850. The minimum atomic E-state index is -3.85. The number of nitrogens with two attached hydrogens (primary N) is 1. The molecule has 0 radical (unpaired) electrons. The summed E-state index contributed by atoms with van der Waals surface area (Å²) in [6.07, 6.45) is 0. The van der Waals surface area contributed by atoms with Crippen LogP contribution < -0.4 is 10.5 Å². The van der Waals surface area contributed by atoms with Gasteiger partial charge in [0.05, 0.1) is 0 Å². The largest absolute Gasteiger partial charge is 0.399 e. The molecule has 0 aliphatic heterocycles. The van der Waals surface area contributed by atoms with Gasteiger partial charge < -0.3 is 5.73 Å². The van der Waals surface area contributed by atoms with E-state index in [0.717, 1.165) is 12.1 Å². The number of rotatable bonds is 2. The van der Waals surface area contributed by atoms with E-state index < -0.39 is 26.3 Å². The van der Waals surface area contributed by atoms with E-state index in [4.69, 9.17) is 5.73 Å². The number of anilines is 1. The first-order valence-corrected chi connectivity index (χ1v) is 6.19. The summed E-state index contributed by atoms with van der Waals surface area (Å²) in [5, 5.41) is 0. The van der Waals surface area contributed by atoms with E-state index in [2.05, 4.69) is 4.72 Å². The van der Waals surface area contributed by atoms with Crippen molar-refractivity contribution >= 4 is 15.7 Å². The zero-order valence-electron chi connectivity index (χ0n) is 9.41. The lowest BCUT2D eigenvalue weighted by atomic mass is 10.1. The van der Waals surface area contributed by atoms with Crippen LogP contribution in [0.5, 0.6) is 0 Å². The summed E-state index contributed by atoms with van der Waals surface area (Å²) in [6, 6.07) is 3.48. The van der Waals surface area contributed by atoms with Crippen molar-refractivity contribution in [3.8, 4) is 0 Å². The van der Waals surface area contributed by atoms with Crippen LogP contribution in [0, 0.1) is 5.82 Å². The molecule has 0 aromatic heterocycles. The fourth-order valence-corrected chi connectivity index (χ4v) is 2.67. The van der Waals surface area contributed by atoms with Crippen molar-refractivity contribution in [3.05, 3.63) is 24.0 Å². The lowest BCUT2D eigenvalue weighted by Crippen LogP contribution is -2.40. The van der Waals surface area contributed by atoms with Crippen LogP contribution in [0.4, 0.5) is 10.1 Å². The van der Waals surface area contributed by atoms with Gasteiger partial charge in [-0.15, -0.1) is 0 Å². The Kier molecular flexibility index (Phi) is 3.25. The normalized spacial score (nSPS) is 12.8. The van der Waals surface area contributed by atoms with Gasteiger partial charge in [0.15, 0.2) is 0 Å². The van der Waals surface area contributed by atoms with Gasteiger partial charge in [-0.1, -0.05) is 0 Å². The minimum absolute atomic E-state index is 0.187. The molecule has 1 aromatic rings. The molecule has 0 heterocycles. The average molecular weight is 246 g/mol. The molecule has 0 atom stereocenters. The average Bonchev–Trinajstić information content (AvgIpc) is 1.97. The van der Waals surface area contributed by atoms with Crippen molar-refractivity contribution in [2.75, 3.05) is 5.73 Å². The third-order valence-electron chi connectivity index (χ3n) is 1.69. The fourth-order valence-electron chi connectivity index (χ4n) is 1.19. The van der Waals surface area contributed by atoms with Crippen molar-refractivity contribution in [1.29, 1.82) is 0 Å². The zero-order valence-corrected chi connectivity index (χ0v) is 10.2. The standard InChI is InChI=1S/C10H15FN2O2S/c1-10(2,3)13-16(14,15)9-5-4-7(12)6-8(9)11/h4-6,13H,12H2,1-3H3. The van der Waals surface area contributed by atoms with Crippen LogP contribution in [0.25, 0.3) is 0 Å². The highest BCUT2D eigenvalue weighted by Gasteiger charge is 2.24. The summed E-state index contributed by atoms with van der Waals surface area (Å²) in [4.78, 5) is -0.392. The molecule has 6 heteroatoms. The van der Waals surface area contributed by atoms with Gasteiger partial charge >= 0.3 is 0 Å². The number of nitrogen functional groups attached to an aromatic ring is 1. The molecule has 3 N–H and O–H groups in total. The van der Waals surface area contributed by atoms with Crippen LogP contribution in [0.3, 0.4) is 0 Å². The van der Waals surface area contributed by atoms with Crippen molar-refractivity contribution in [2.45, 2.75) is 31.2 Å². The molecule has 0 aliphatic rings. The van der Waals surface area contributed by atoms with Crippen molar-refractivity contribution in [1.82, 2.24) is 4.72 Å². The van der Waals surface area contributed by atoms with Crippen LogP contribution in [0.2, 0.25) is 0 Å². The monoisotopic (exact) mass is 246 g/mol. The molecular weight excluding hydrogens is 231 g/mol. The number of nitrogens with one attached hydrogen (secondary N) is 1. The maximum Gasteiger partial charge on any atom is 0.243 e. The van der Waals surface area contributed by atoms with Gasteiger partial charge in [0.1, 0.15) is 10.7 Å². The van der Waals surface area contributed by atoms with Gasteiger partial charge in [0, 0.05) is 11.2 Å². The van der Waals surface area contributed by atoms with Crippen LogP contribution in [-0.4, -0.2) is 14.0 Å². The highest BCUT2D eigenvalue weighted by atomic mass is 32.2. The molecule has 0 saturated heterocycles. The Balaban J connectivity index is 3.18. The molecule has 1 aromatic carbocycles. The maximum absolute atomic E-state index is 13.4. The molecule has 0 fully saturated rings. The Morgan fingerprint density at radius 1 is 1.31 bits per heavy atom. The molecule has 0 spiro atoms. The van der Waals surface area contributed by atoms with Crippen LogP contribution >= 0.6 is 0 Å². The number of sulfonamides is 1. The topological polar surface area (TPSA) is 72.2 Å². The Hall–Kier alpha value is -1.14. The highest BCUT2D eigenvalue weighted by Crippen LogP contribution is 2.18. The zero-order chi connectivity index (χ0) is 12.6. The van der Waals surface area contributed by atoms with Crippen molar-refractivity contribution < 1.29 is 12.8 Å². The van der Waals surface area contributed by atoms with Crippen LogP contribution in [0.1, 0.15) is 20.8 Å². The van der Waals surface area contributed by atoms with Gasteiger partial charge in [-0.2, -0.15) is 0 Å². The molecule has 0 amide bonds. The SMILES string of the molecule is CC(C)(C)NS(=O)(=O)c1ccc(N)cc1F. The second-order valence-electron chi connectivity index (χ2n) is 4.55. The molecule has 0 unspecified atom stereocenters. The maximum atomic E-state index is 13.4. The molecular formula is C10H15FN2O2S. The van der Waals surface area contributed by atoms with E-state index in [1.54, 1.807) is 20.8 Å². The first-order chi connectivity index (χ1) is 7.12.